The van der Waals surface area contributed by atoms with Crippen molar-refractivity contribution in [2.45, 2.75) is 51.5 Å². The Morgan fingerprint density at radius 2 is 1.75 bits per heavy atom. The maximum absolute atomic E-state index is 12.8. The van der Waals surface area contributed by atoms with Gasteiger partial charge >= 0.3 is 0 Å². The predicted molar refractivity (Wildman–Crippen MR) is 109 cm³/mol. The molecular formula is C20H28N4O3S. The van der Waals surface area contributed by atoms with E-state index in [2.05, 4.69) is 10.4 Å². The minimum absolute atomic E-state index is 0.0748. The molecule has 0 radical (unpaired) electrons. The number of nitrogens with one attached hydrogen (secondary N) is 1. The quantitative estimate of drug-likeness (QED) is 0.830. The number of aromatic nitrogens is 2. The molecule has 1 aliphatic heterocycles. The normalized spacial score (nSPS) is 16.5. The van der Waals surface area contributed by atoms with Gasteiger partial charge in [0.1, 0.15) is 5.82 Å². The zero-order valence-corrected chi connectivity index (χ0v) is 17.7. The van der Waals surface area contributed by atoms with Gasteiger partial charge in [-0.3, -0.25) is 4.79 Å². The van der Waals surface area contributed by atoms with Gasteiger partial charge in [-0.05, 0) is 52.7 Å². The summed E-state index contributed by atoms with van der Waals surface area (Å²) in [6, 6.07) is 8.87. The van der Waals surface area contributed by atoms with Crippen molar-refractivity contribution < 1.29 is 13.2 Å². The highest BCUT2D eigenvalue weighted by atomic mass is 32.2. The Bertz CT molecular complexity index is 940. The summed E-state index contributed by atoms with van der Waals surface area (Å²) in [7, 11) is -3.51. The van der Waals surface area contributed by atoms with Crippen molar-refractivity contribution in [3.05, 3.63) is 41.6 Å². The smallest absolute Gasteiger partial charge is 0.243 e. The van der Waals surface area contributed by atoms with Crippen LogP contribution in [0, 0.1) is 19.8 Å². The van der Waals surface area contributed by atoms with Gasteiger partial charge in [-0.15, -0.1) is 0 Å². The van der Waals surface area contributed by atoms with Crippen molar-refractivity contribution >= 4 is 21.7 Å². The van der Waals surface area contributed by atoms with Crippen LogP contribution in [0.25, 0.3) is 0 Å². The molecule has 7 nitrogen and oxygen atoms in total. The Morgan fingerprint density at radius 3 is 2.32 bits per heavy atom. The number of piperidine rings is 1. The largest absolute Gasteiger partial charge is 0.311 e. The second kappa shape index (κ2) is 8.05. The van der Waals surface area contributed by atoms with E-state index in [4.69, 9.17) is 0 Å². The number of hydrogen-bond donors (Lipinski definition) is 1. The van der Waals surface area contributed by atoms with Gasteiger partial charge in [0.15, 0.2) is 0 Å². The van der Waals surface area contributed by atoms with Crippen molar-refractivity contribution in [1.29, 1.82) is 0 Å². The van der Waals surface area contributed by atoms with Gasteiger partial charge in [-0.2, -0.15) is 9.40 Å². The number of sulfonamides is 1. The molecule has 28 heavy (non-hydrogen) atoms. The SMILES string of the molecule is Cc1ccc(S(=O)(=O)N2CCC(C(=O)Nc3cc(C)nn3C(C)C)CC2)cc1. The Kier molecular flexibility index (Phi) is 5.90. The molecule has 1 amide bonds. The van der Waals surface area contributed by atoms with Crippen LogP contribution in [-0.2, 0) is 14.8 Å². The van der Waals surface area contributed by atoms with Crippen LogP contribution in [0.5, 0.6) is 0 Å². The summed E-state index contributed by atoms with van der Waals surface area (Å²) in [6.07, 6.45) is 1.01. The Labute approximate surface area is 166 Å². The van der Waals surface area contributed by atoms with Crippen LogP contribution in [0.3, 0.4) is 0 Å². The number of anilines is 1. The van der Waals surface area contributed by atoms with Crippen molar-refractivity contribution in [2.75, 3.05) is 18.4 Å². The zero-order chi connectivity index (χ0) is 20.5. The van der Waals surface area contributed by atoms with Crippen LogP contribution in [0.2, 0.25) is 0 Å². The molecule has 0 aliphatic carbocycles. The van der Waals surface area contributed by atoms with E-state index in [9.17, 15) is 13.2 Å². The Hall–Kier alpha value is -2.19. The first-order chi connectivity index (χ1) is 13.2. The van der Waals surface area contributed by atoms with Crippen LogP contribution in [0.4, 0.5) is 5.82 Å². The van der Waals surface area contributed by atoms with Gasteiger partial charge in [0, 0.05) is 31.1 Å². The molecule has 3 rings (SSSR count). The first-order valence-corrected chi connectivity index (χ1v) is 11.1. The van der Waals surface area contributed by atoms with Crippen LogP contribution in [-0.4, -0.2) is 41.5 Å². The minimum Gasteiger partial charge on any atom is -0.311 e. The van der Waals surface area contributed by atoms with Gasteiger partial charge in [-0.1, -0.05) is 17.7 Å². The maximum atomic E-state index is 12.8. The van der Waals surface area contributed by atoms with Gasteiger partial charge in [-0.25, -0.2) is 13.1 Å². The van der Waals surface area contributed by atoms with Gasteiger partial charge in [0.2, 0.25) is 15.9 Å². The first kappa shape index (κ1) is 20.5. The first-order valence-electron chi connectivity index (χ1n) is 9.62. The molecule has 8 heteroatoms. The fraction of sp³-hybridized carbons (Fsp3) is 0.500. The molecule has 2 heterocycles. The number of nitrogens with zero attached hydrogens (tertiary/aromatic N) is 3. The minimum atomic E-state index is -3.51. The third-order valence-corrected chi connectivity index (χ3v) is 6.99. The third kappa shape index (κ3) is 4.28. The molecule has 1 aromatic heterocycles. The van der Waals surface area contributed by atoms with E-state index in [1.165, 1.54) is 4.31 Å². The molecular weight excluding hydrogens is 376 g/mol. The predicted octanol–water partition coefficient (Wildman–Crippen LogP) is 3.12. The molecule has 1 saturated heterocycles. The van der Waals surface area contributed by atoms with E-state index in [-0.39, 0.29) is 17.9 Å². The van der Waals surface area contributed by atoms with Crippen molar-refractivity contribution in [1.82, 2.24) is 14.1 Å². The number of amides is 1. The van der Waals surface area contributed by atoms with Gasteiger partial charge < -0.3 is 5.32 Å². The number of carbonyl (C=O) groups excluding carboxylic acids is 1. The van der Waals surface area contributed by atoms with Crippen LogP contribution >= 0.6 is 0 Å². The lowest BCUT2D eigenvalue weighted by atomic mass is 9.97. The zero-order valence-electron chi connectivity index (χ0n) is 16.8. The van der Waals surface area contributed by atoms with Gasteiger partial charge in [0.25, 0.3) is 0 Å². The van der Waals surface area contributed by atoms with E-state index in [0.29, 0.717) is 36.6 Å². The number of carbonyl (C=O) groups is 1. The standard InChI is InChI=1S/C20H28N4O3S/c1-14(2)24-19(13-16(4)22-24)21-20(25)17-9-11-23(12-10-17)28(26,27)18-7-5-15(3)6-8-18/h5-8,13-14,17H,9-12H2,1-4H3,(H,21,25). The fourth-order valence-corrected chi connectivity index (χ4v) is 4.92. The highest BCUT2D eigenvalue weighted by Gasteiger charge is 2.32. The highest BCUT2D eigenvalue weighted by Crippen LogP contribution is 2.25. The molecule has 0 spiro atoms. The van der Waals surface area contributed by atoms with Crippen LogP contribution in [0.15, 0.2) is 35.2 Å². The molecule has 152 valence electrons. The van der Waals surface area contributed by atoms with Crippen molar-refractivity contribution in [2.24, 2.45) is 5.92 Å². The fourth-order valence-electron chi connectivity index (χ4n) is 3.45. The molecule has 1 aromatic carbocycles. The average molecular weight is 405 g/mol. The lowest BCUT2D eigenvalue weighted by Gasteiger charge is -2.30. The van der Waals surface area contributed by atoms with E-state index >= 15 is 0 Å². The maximum Gasteiger partial charge on any atom is 0.243 e. The summed E-state index contributed by atoms with van der Waals surface area (Å²) < 4.78 is 28.9. The molecule has 1 N–H and O–H groups in total. The number of benzene rings is 1. The molecule has 1 fully saturated rings. The second-order valence-corrected chi connectivity index (χ2v) is 9.63. The lowest BCUT2D eigenvalue weighted by Crippen LogP contribution is -2.41. The Balaban J connectivity index is 1.63. The third-order valence-electron chi connectivity index (χ3n) is 5.08. The van der Waals surface area contributed by atoms with E-state index < -0.39 is 10.0 Å². The number of hydrogen-bond acceptors (Lipinski definition) is 4. The summed E-state index contributed by atoms with van der Waals surface area (Å²) in [5.41, 5.74) is 1.87. The summed E-state index contributed by atoms with van der Waals surface area (Å²) in [5.74, 6) is 0.404. The molecule has 0 unspecified atom stereocenters. The lowest BCUT2D eigenvalue weighted by molar-refractivity contribution is -0.121. The monoisotopic (exact) mass is 404 g/mol. The Morgan fingerprint density at radius 1 is 1.14 bits per heavy atom. The molecule has 1 aliphatic rings. The summed E-state index contributed by atoms with van der Waals surface area (Å²) in [6.45, 7) is 8.52. The van der Waals surface area contributed by atoms with Crippen molar-refractivity contribution in [3.63, 3.8) is 0 Å². The molecule has 2 aromatic rings. The summed E-state index contributed by atoms with van der Waals surface area (Å²) in [5, 5.41) is 7.37. The molecule has 0 atom stereocenters. The van der Waals surface area contributed by atoms with E-state index in [1.807, 2.05) is 33.8 Å². The van der Waals surface area contributed by atoms with Crippen molar-refractivity contribution in [3.8, 4) is 0 Å². The van der Waals surface area contributed by atoms with Gasteiger partial charge in [0.05, 0.1) is 10.6 Å². The number of aryl methyl sites for hydroxylation is 2. The van der Waals surface area contributed by atoms with Crippen LogP contribution < -0.4 is 5.32 Å². The number of rotatable bonds is 5. The van der Waals surface area contributed by atoms with Crippen LogP contribution in [0.1, 0.15) is 44.0 Å². The molecule has 0 bridgehead atoms. The molecule has 0 saturated carbocycles. The summed E-state index contributed by atoms with van der Waals surface area (Å²) in [4.78, 5) is 13.0. The topological polar surface area (TPSA) is 84.3 Å². The second-order valence-electron chi connectivity index (χ2n) is 7.69. The van der Waals surface area contributed by atoms with E-state index in [1.54, 1.807) is 28.9 Å². The average Bonchev–Trinajstić information content (AvgIpc) is 3.02. The summed E-state index contributed by atoms with van der Waals surface area (Å²) >= 11 is 0. The van der Waals surface area contributed by atoms with E-state index in [0.717, 1.165) is 11.3 Å². The highest BCUT2D eigenvalue weighted by molar-refractivity contribution is 7.89.